The standard InChI is InChI=1S/C10H15NO3/c1-7(2)10(14)8(12)6-11-5-3-4-9(11)13/h8,12H,1,3-6H2,2H3. The zero-order chi connectivity index (χ0) is 10.7. The number of ketones is 1. The summed E-state index contributed by atoms with van der Waals surface area (Å²) in [5.74, 6) is -0.372. The molecular weight excluding hydrogens is 182 g/mol. The summed E-state index contributed by atoms with van der Waals surface area (Å²) < 4.78 is 0. The molecule has 0 aromatic carbocycles. The Balaban J connectivity index is 2.47. The van der Waals surface area contributed by atoms with Crippen LogP contribution in [0.15, 0.2) is 12.2 Å². The topological polar surface area (TPSA) is 57.6 Å². The number of carbonyl (C=O) groups is 2. The summed E-state index contributed by atoms with van der Waals surface area (Å²) in [6, 6.07) is 0. The van der Waals surface area contributed by atoms with Gasteiger partial charge in [-0.1, -0.05) is 6.58 Å². The van der Waals surface area contributed by atoms with E-state index < -0.39 is 6.10 Å². The van der Waals surface area contributed by atoms with Gasteiger partial charge in [0.1, 0.15) is 6.10 Å². The van der Waals surface area contributed by atoms with Gasteiger partial charge in [0.15, 0.2) is 5.78 Å². The fourth-order valence-electron chi connectivity index (χ4n) is 1.47. The first-order valence-electron chi connectivity index (χ1n) is 4.68. The molecule has 0 aromatic heterocycles. The van der Waals surface area contributed by atoms with E-state index in [9.17, 15) is 14.7 Å². The van der Waals surface area contributed by atoms with E-state index in [1.165, 1.54) is 4.90 Å². The van der Waals surface area contributed by atoms with E-state index in [-0.39, 0.29) is 18.2 Å². The van der Waals surface area contributed by atoms with Crippen molar-refractivity contribution in [3.8, 4) is 0 Å². The van der Waals surface area contributed by atoms with E-state index in [1.807, 2.05) is 0 Å². The van der Waals surface area contributed by atoms with Gasteiger partial charge in [-0.2, -0.15) is 0 Å². The zero-order valence-corrected chi connectivity index (χ0v) is 8.32. The molecule has 4 heteroatoms. The van der Waals surface area contributed by atoms with Gasteiger partial charge in [-0.05, 0) is 18.9 Å². The van der Waals surface area contributed by atoms with Crippen LogP contribution in [0, 0.1) is 0 Å². The molecule has 1 aliphatic rings. The second kappa shape index (κ2) is 4.37. The molecular formula is C10H15NO3. The average molecular weight is 197 g/mol. The predicted molar refractivity (Wildman–Crippen MR) is 51.6 cm³/mol. The smallest absolute Gasteiger partial charge is 0.222 e. The summed E-state index contributed by atoms with van der Waals surface area (Å²) in [5, 5.41) is 9.46. The van der Waals surface area contributed by atoms with Crippen molar-refractivity contribution in [2.45, 2.75) is 25.9 Å². The Labute approximate surface area is 83.2 Å². The molecule has 4 nitrogen and oxygen atoms in total. The van der Waals surface area contributed by atoms with Gasteiger partial charge in [0.2, 0.25) is 5.91 Å². The maximum absolute atomic E-state index is 11.2. The van der Waals surface area contributed by atoms with Crippen LogP contribution in [0.2, 0.25) is 0 Å². The van der Waals surface area contributed by atoms with E-state index in [0.29, 0.717) is 18.5 Å². The Hall–Kier alpha value is -1.16. The molecule has 14 heavy (non-hydrogen) atoms. The Bertz CT molecular complexity index is 273. The maximum Gasteiger partial charge on any atom is 0.222 e. The number of β-amino-alcohol motifs (C(OH)–C–C–N with tert-alkyl or cyclic N) is 1. The molecule has 1 atom stereocenters. The maximum atomic E-state index is 11.2. The second-order valence-corrected chi connectivity index (χ2v) is 3.60. The highest BCUT2D eigenvalue weighted by Crippen LogP contribution is 2.10. The van der Waals surface area contributed by atoms with Crippen LogP contribution in [0.4, 0.5) is 0 Å². The summed E-state index contributed by atoms with van der Waals surface area (Å²) in [6.07, 6.45) is 0.218. The highest BCUT2D eigenvalue weighted by atomic mass is 16.3. The molecule has 0 saturated carbocycles. The lowest BCUT2D eigenvalue weighted by Gasteiger charge is -2.18. The van der Waals surface area contributed by atoms with E-state index >= 15 is 0 Å². The normalized spacial score (nSPS) is 18.4. The SMILES string of the molecule is C=C(C)C(=O)C(O)CN1CCCC1=O. The van der Waals surface area contributed by atoms with Crippen molar-refractivity contribution in [1.29, 1.82) is 0 Å². The number of amides is 1. The molecule has 1 rings (SSSR count). The zero-order valence-electron chi connectivity index (χ0n) is 8.32. The van der Waals surface area contributed by atoms with Crippen LogP contribution >= 0.6 is 0 Å². The van der Waals surface area contributed by atoms with Crippen molar-refractivity contribution in [3.63, 3.8) is 0 Å². The molecule has 1 unspecified atom stereocenters. The molecule has 1 heterocycles. The van der Waals surface area contributed by atoms with Crippen LogP contribution in [-0.2, 0) is 9.59 Å². The highest BCUT2D eigenvalue weighted by molar-refractivity contribution is 5.98. The molecule has 0 aromatic rings. The molecule has 1 aliphatic heterocycles. The Morgan fingerprint density at radius 3 is 2.79 bits per heavy atom. The predicted octanol–water partition coefficient (Wildman–Crippen LogP) is 0.115. The van der Waals surface area contributed by atoms with Crippen molar-refractivity contribution in [1.82, 2.24) is 4.90 Å². The van der Waals surface area contributed by atoms with Crippen molar-refractivity contribution in [2.24, 2.45) is 0 Å². The third-order valence-corrected chi connectivity index (χ3v) is 2.29. The van der Waals surface area contributed by atoms with Gasteiger partial charge in [-0.3, -0.25) is 9.59 Å². The molecule has 1 N–H and O–H groups in total. The van der Waals surface area contributed by atoms with Crippen LogP contribution in [0.3, 0.4) is 0 Å². The minimum atomic E-state index is -1.12. The number of aliphatic hydroxyl groups is 1. The van der Waals surface area contributed by atoms with E-state index in [2.05, 4.69) is 6.58 Å². The summed E-state index contributed by atoms with van der Waals surface area (Å²) in [5.41, 5.74) is 0.323. The summed E-state index contributed by atoms with van der Waals surface area (Å²) in [7, 11) is 0. The lowest BCUT2D eigenvalue weighted by atomic mass is 10.1. The Morgan fingerprint density at radius 2 is 2.36 bits per heavy atom. The molecule has 1 amide bonds. The van der Waals surface area contributed by atoms with Gasteiger partial charge in [0, 0.05) is 13.0 Å². The molecule has 1 saturated heterocycles. The quantitative estimate of drug-likeness (QED) is 0.651. The summed E-state index contributed by atoms with van der Waals surface area (Å²) in [4.78, 5) is 24.0. The van der Waals surface area contributed by atoms with Crippen LogP contribution in [0.1, 0.15) is 19.8 Å². The fourth-order valence-corrected chi connectivity index (χ4v) is 1.47. The van der Waals surface area contributed by atoms with Gasteiger partial charge in [-0.15, -0.1) is 0 Å². The molecule has 0 bridgehead atoms. The number of rotatable bonds is 4. The molecule has 1 fully saturated rings. The molecule has 0 radical (unpaired) electrons. The number of likely N-dealkylation sites (tertiary alicyclic amines) is 1. The Morgan fingerprint density at radius 1 is 1.71 bits per heavy atom. The number of hydrogen-bond donors (Lipinski definition) is 1. The summed E-state index contributed by atoms with van der Waals surface area (Å²) in [6.45, 7) is 5.75. The lowest BCUT2D eigenvalue weighted by molar-refractivity contribution is -0.131. The molecule has 0 spiro atoms. The van der Waals surface area contributed by atoms with E-state index in [1.54, 1.807) is 6.92 Å². The van der Waals surface area contributed by atoms with Crippen molar-refractivity contribution < 1.29 is 14.7 Å². The van der Waals surface area contributed by atoms with Crippen LogP contribution in [-0.4, -0.2) is 40.9 Å². The summed E-state index contributed by atoms with van der Waals surface area (Å²) >= 11 is 0. The fraction of sp³-hybridized carbons (Fsp3) is 0.600. The molecule has 0 aliphatic carbocycles. The lowest BCUT2D eigenvalue weighted by Crippen LogP contribution is -2.37. The van der Waals surface area contributed by atoms with Crippen molar-refractivity contribution in [2.75, 3.05) is 13.1 Å². The Kier molecular flexibility index (Phi) is 3.41. The largest absolute Gasteiger partial charge is 0.383 e. The molecule has 78 valence electrons. The van der Waals surface area contributed by atoms with Crippen molar-refractivity contribution in [3.05, 3.63) is 12.2 Å². The second-order valence-electron chi connectivity index (χ2n) is 3.60. The van der Waals surface area contributed by atoms with E-state index in [4.69, 9.17) is 0 Å². The third kappa shape index (κ3) is 2.42. The number of nitrogens with zero attached hydrogens (tertiary/aromatic N) is 1. The van der Waals surface area contributed by atoms with Crippen LogP contribution in [0.25, 0.3) is 0 Å². The van der Waals surface area contributed by atoms with Gasteiger partial charge in [0.25, 0.3) is 0 Å². The van der Waals surface area contributed by atoms with Gasteiger partial charge in [-0.25, -0.2) is 0 Å². The third-order valence-electron chi connectivity index (χ3n) is 2.29. The average Bonchev–Trinajstić information content (AvgIpc) is 2.50. The monoisotopic (exact) mass is 197 g/mol. The first kappa shape index (κ1) is 10.9. The minimum Gasteiger partial charge on any atom is -0.383 e. The number of aliphatic hydroxyl groups excluding tert-OH is 1. The van der Waals surface area contributed by atoms with Gasteiger partial charge in [0.05, 0.1) is 6.54 Å². The number of Topliss-reactive ketones (excluding diaryl/α,β-unsaturated/α-hetero) is 1. The first-order chi connectivity index (χ1) is 6.52. The number of hydrogen-bond acceptors (Lipinski definition) is 3. The van der Waals surface area contributed by atoms with E-state index in [0.717, 1.165) is 6.42 Å². The van der Waals surface area contributed by atoms with Crippen LogP contribution < -0.4 is 0 Å². The number of carbonyl (C=O) groups excluding carboxylic acids is 2. The first-order valence-corrected chi connectivity index (χ1v) is 4.68. The van der Waals surface area contributed by atoms with Crippen LogP contribution in [0.5, 0.6) is 0 Å². The van der Waals surface area contributed by atoms with Crippen molar-refractivity contribution >= 4 is 11.7 Å². The minimum absolute atomic E-state index is 0.0126. The van der Waals surface area contributed by atoms with Gasteiger partial charge < -0.3 is 10.0 Å². The highest BCUT2D eigenvalue weighted by Gasteiger charge is 2.25. The van der Waals surface area contributed by atoms with Gasteiger partial charge >= 0.3 is 0 Å².